The molecule has 0 aliphatic heterocycles. The van der Waals surface area contributed by atoms with Gasteiger partial charge in [0, 0.05) is 19.3 Å². The number of hydrogen-bond donors (Lipinski definition) is 2. The van der Waals surface area contributed by atoms with E-state index in [0.717, 1.165) is 32.3 Å². The maximum atomic E-state index is 11.6. The van der Waals surface area contributed by atoms with Crippen molar-refractivity contribution in [2.24, 2.45) is 0 Å². The summed E-state index contributed by atoms with van der Waals surface area (Å²) in [5.74, 6) is -0.713. The third-order valence-corrected chi connectivity index (χ3v) is 4.11. The molecule has 0 saturated heterocycles. The van der Waals surface area contributed by atoms with E-state index in [9.17, 15) is 9.90 Å². The number of carboxylic acids is 1. The Labute approximate surface area is 123 Å². The summed E-state index contributed by atoms with van der Waals surface area (Å²) in [6.45, 7) is 5.63. The Morgan fingerprint density at radius 3 is 2.45 bits per heavy atom. The second-order valence-electron chi connectivity index (χ2n) is 5.94. The number of ether oxygens (including phenoxy) is 1. The molecule has 1 unspecified atom stereocenters. The lowest BCUT2D eigenvalue weighted by Crippen LogP contribution is -2.52. The van der Waals surface area contributed by atoms with Crippen molar-refractivity contribution in [3.63, 3.8) is 0 Å². The second kappa shape index (κ2) is 9.35. The molecule has 1 aliphatic rings. The normalized spacial score (nSPS) is 17.9. The lowest BCUT2D eigenvalue weighted by molar-refractivity contribution is -0.145. The smallest absolute Gasteiger partial charge is 0.323 e. The van der Waals surface area contributed by atoms with Crippen molar-refractivity contribution in [2.45, 2.75) is 83.2 Å². The van der Waals surface area contributed by atoms with Crippen molar-refractivity contribution in [1.82, 2.24) is 5.32 Å². The average molecular weight is 285 g/mol. The molecule has 0 aromatic carbocycles. The zero-order chi connectivity index (χ0) is 14.8. The number of carboxylic acid groups (broad SMARTS) is 1. The van der Waals surface area contributed by atoms with E-state index >= 15 is 0 Å². The lowest BCUT2D eigenvalue weighted by atomic mass is 9.90. The molecule has 1 fully saturated rings. The van der Waals surface area contributed by atoms with Crippen molar-refractivity contribution in [2.75, 3.05) is 13.2 Å². The minimum atomic E-state index is -0.743. The van der Waals surface area contributed by atoms with Crippen LogP contribution in [0.3, 0.4) is 0 Å². The maximum absolute atomic E-state index is 11.6. The predicted molar refractivity (Wildman–Crippen MR) is 81.0 cm³/mol. The molecule has 0 heterocycles. The first-order valence-corrected chi connectivity index (χ1v) is 8.23. The SMILES string of the molecule is CCCCCCOCCCC(CC)(NC1CC1)C(=O)O. The van der Waals surface area contributed by atoms with Crippen LogP contribution in [0, 0.1) is 0 Å². The molecule has 4 heteroatoms. The Morgan fingerprint density at radius 1 is 1.20 bits per heavy atom. The molecule has 2 N–H and O–H groups in total. The summed E-state index contributed by atoms with van der Waals surface area (Å²) < 4.78 is 5.60. The number of carbonyl (C=O) groups is 1. The summed E-state index contributed by atoms with van der Waals surface area (Å²) in [7, 11) is 0. The van der Waals surface area contributed by atoms with Gasteiger partial charge >= 0.3 is 5.97 Å². The van der Waals surface area contributed by atoms with Crippen LogP contribution in [0.25, 0.3) is 0 Å². The summed E-state index contributed by atoms with van der Waals surface area (Å²) in [4.78, 5) is 11.6. The highest BCUT2D eigenvalue weighted by atomic mass is 16.5. The van der Waals surface area contributed by atoms with Crippen LogP contribution < -0.4 is 5.32 Å². The summed E-state index contributed by atoms with van der Waals surface area (Å²) in [6, 6.07) is 0.418. The monoisotopic (exact) mass is 285 g/mol. The summed E-state index contributed by atoms with van der Waals surface area (Å²) in [5, 5.41) is 12.8. The zero-order valence-electron chi connectivity index (χ0n) is 13.1. The van der Waals surface area contributed by atoms with Crippen molar-refractivity contribution in [1.29, 1.82) is 0 Å². The minimum Gasteiger partial charge on any atom is -0.480 e. The third-order valence-electron chi connectivity index (χ3n) is 4.11. The number of unbranched alkanes of at least 4 members (excludes halogenated alkanes) is 3. The molecule has 1 aliphatic carbocycles. The Morgan fingerprint density at radius 2 is 1.90 bits per heavy atom. The van der Waals surface area contributed by atoms with Gasteiger partial charge < -0.3 is 9.84 Å². The quantitative estimate of drug-likeness (QED) is 0.510. The summed E-state index contributed by atoms with van der Waals surface area (Å²) >= 11 is 0. The first-order valence-electron chi connectivity index (χ1n) is 8.23. The van der Waals surface area contributed by atoms with E-state index < -0.39 is 11.5 Å². The van der Waals surface area contributed by atoms with Crippen LogP contribution in [-0.4, -0.2) is 35.9 Å². The molecule has 1 atom stereocenters. The molecule has 0 aromatic rings. The van der Waals surface area contributed by atoms with Gasteiger partial charge in [-0.1, -0.05) is 33.1 Å². The Balaban J connectivity index is 2.16. The topological polar surface area (TPSA) is 58.6 Å². The van der Waals surface area contributed by atoms with Gasteiger partial charge in [0.05, 0.1) is 0 Å². The Hall–Kier alpha value is -0.610. The van der Waals surface area contributed by atoms with Crippen LogP contribution in [0.15, 0.2) is 0 Å². The average Bonchev–Trinajstić information content (AvgIpc) is 3.24. The van der Waals surface area contributed by atoms with E-state index in [1.807, 2.05) is 6.92 Å². The van der Waals surface area contributed by atoms with E-state index in [-0.39, 0.29) is 0 Å². The first-order chi connectivity index (χ1) is 9.64. The highest BCUT2D eigenvalue weighted by molar-refractivity contribution is 5.78. The van der Waals surface area contributed by atoms with E-state index in [0.29, 0.717) is 25.5 Å². The highest BCUT2D eigenvalue weighted by Gasteiger charge is 2.40. The second-order valence-corrected chi connectivity index (χ2v) is 5.94. The first kappa shape index (κ1) is 17.4. The fourth-order valence-corrected chi connectivity index (χ4v) is 2.50. The molecule has 1 saturated carbocycles. The molecular weight excluding hydrogens is 254 g/mol. The van der Waals surface area contributed by atoms with Gasteiger partial charge in [0.25, 0.3) is 0 Å². The number of nitrogens with one attached hydrogen (secondary N) is 1. The Kier molecular flexibility index (Phi) is 8.15. The van der Waals surface area contributed by atoms with Crippen molar-refractivity contribution in [3.8, 4) is 0 Å². The van der Waals surface area contributed by atoms with E-state index in [1.54, 1.807) is 0 Å². The van der Waals surface area contributed by atoms with Crippen LogP contribution in [0.1, 0.15) is 71.6 Å². The van der Waals surface area contributed by atoms with Crippen molar-refractivity contribution < 1.29 is 14.6 Å². The number of aliphatic carboxylic acids is 1. The molecule has 0 bridgehead atoms. The van der Waals surface area contributed by atoms with Gasteiger partial charge in [-0.05, 0) is 38.5 Å². The minimum absolute atomic E-state index is 0.418. The van der Waals surface area contributed by atoms with Crippen LogP contribution in [-0.2, 0) is 9.53 Å². The third kappa shape index (κ3) is 6.23. The number of hydrogen-bond acceptors (Lipinski definition) is 3. The van der Waals surface area contributed by atoms with Gasteiger partial charge in [0.15, 0.2) is 0 Å². The van der Waals surface area contributed by atoms with Crippen LogP contribution in [0.5, 0.6) is 0 Å². The van der Waals surface area contributed by atoms with Crippen molar-refractivity contribution >= 4 is 5.97 Å². The lowest BCUT2D eigenvalue weighted by Gasteiger charge is -2.29. The van der Waals surface area contributed by atoms with Gasteiger partial charge in [-0.2, -0.15) is 0 Å². The molecule has 20 heavy (non-hydrogen) atoms. The molecule has 1 rings (SSSR count). The van der Waals surface area contributed by atoms with Crippen LogP contribution in [0.4, 0.5) is 0 Å². The molecule has 4 nitrogen and oxygen atoms in total. The summed E-state index contributed by atoms with van der Waals surface area (Å²) in [6.07, 6.45) is 9.19. The van der Waals surface area contributed by atoms with Gasteiger partial charge in [-0.3, -0.25) is 10.1 Å². The molecular formula is C16H31NO3. The molecule has 0 aromatic heterocycles. The highest BCUT2D eigenvalue weighted by Crippen LogP contribution is 2.27. The van der Waals surface area contributed by atoms with Crippen molar-refractivity contribution in [3.05, 3.63) is 0 Å². The molecule has 0 spiro atoms. The molecule has 0 amide bonds. The largest absolute Gasteiger partial charge is 0.480 e. The number of rotatable bonds is 13. The molecule has 118 valence electrons. The zero-order valence-corrected chi connectivity index (χ0v) is 13.1. The fraction of sp³-hybridized carbons (Fsp3) is 0.938. The van der Waals surface area contributed by atoms with E-state index in [4.69, 9.17) is 4.74 Å². The maximum Gasteiger partial charge on any atom is 0.323 e. The van der Waals surface area contributed by atoms with Gasteiger partial charge in [-0.25, -0.2) is 0 Å². The fourth-order valence-electron chi connectivity index (χ4n) is 2.50. The molecule has 0 radical (unpaired) electrons. The summed E-state index contributed by atoms with van der Waals surface area (Å²) in [5.41, 5.74) is -0.743. The predicted octanol–water partition coefficient (Wildman–Crippen LogP) is 3.35. The van der Waals surface area contributed by atoms with E-state index in [1.165, 1.54) is 19.3 Å². The van der Waals surface area contributed by atoms with E-state index in [2.05, 4.69) is 12.2 Å². The Bertz CT molecular complexity index is 279. The van der Waals surface area contributed by atoms with Gasteiger partial charge in [0.2, 0.25) is 0 Å². The van der Waals surface area contributed by atoms with Gasteiger partial charge in [-0.15, -0.1) is 0 Å². The standard InChI is InChI=1S/C16H31NO3/c1-3-5-6-7-12-20-13-8-11-16(4-2,15(18)19)17-14-9-10-14/h14,17H,3-13H2,1-2H3,(H,18,19). The van der Waals surface area contributed by atoms with Crippen LogP contribution >= 0.6 is 0 Å². The van der Waals surface area contributed by atoms with Crippen LogP contribution in [0.2, 0.25) is 0 Å². The van der Waals surface area contributed by atoms with Gasteiger partial charge in [0.1, 0.15) is 5.54 Å².